The minimum atomic E-state index is -0.409. The van der Waals surface area contributed by atoms with Gasteiger partial charge in [-0.25, -0.2) is 0 Å². The summed E-state index contributed by atoms with van der Waals surface area (Å²) in [7, 11) is 0. The molecule has 0 saturated carbocycles. The van der Waals surface area contributed by atoms with Crippen molar-refractivity contribution in [3.05, 3.63) is 12.2 Å². The first kappa shape index (κ1) is 19.4. The summed E-state index contributed by atoms with van der Waals surface area (Å²) in [6, 6.07) is 0.135. The molecular weight excluding hydrogens is 346 g/mol. The lowest BCUT2D eigenvalue weighted by Crippen LogP contribution is -2.48. The molecule has 2 heterocycles. The monoisotopic (exact) mass is 371 g/mol. The summed E-state index contributed by atoms with van der Waals surface area (Å²) < 4.78 is 11.7. The molecule has 134 valence electrons. The first-order chi connectivity index (χ1) is 11.2. The van der Waals surface area contributed by atoms with Crippen molar-refractivity contribution in [3.63, 3.8) is 0 Å². The van der Waals surface area contributed by atoms with Gasteiger partial charge < -0.3 is 9.47 Å². The number of thioether (sulfide) groups is 1. The third-order valence-electron chi connectivity index (χ3n) is 4.42. The summed E-state index contributed by atoms with van der Waals surface area (Å²) in [5.74, 6) is 0.504. The lowest BCUT2D eigenvalue weighted by atomic mass is 9.96. The number of carbonyl (C=O) groups is 2. The van der Waals surface area contributed by atoms with Crippen molar-refractivity contribution in [1.82, 2.24) is 4.90 Å². The van der Waals surface area contributed by atoms with Crippen LogP contribution in [0.3, 0.4) is 0 Å². The number of ether oxygens (including phenoxy) is 2. The van der Waals surface area contributed by atoms with E-state index in [-0.39, 0.29) is 36.0 Å². The van der Waals surface area contributed by atoms with Crippen LogP contribution in [0.25, 0.3) is 0 Å². The summed E-state index contributed by atoms with van der Waals surface area (Å²) >= 11 is 6.94. The summed E-state index contributed by atoms with van der Waals surface area (Å²) in [6.07, 6.45) is 2.57. The number of thiocarbonyl (C=S) groups is 1. The van der Waals surface area contributed by atoms with Crippen LogP contribution < -0.4 is 0 Å². The number of hydrogen-bond donors (Lipinski definition) is 0. The van der Waals surface area contributed by atoms with Crippen LogP contribution in [0, 0.1) is 11.8 Å². The first-order valence-electron chi connectivity index (χ1n) is 8.23. The molecule has 7 heteroatoms. The van der Waals surface area contributed by atoms with Gasteiger partial charge in [-0.2, -0.15) is 0 Å². The van der Waals surface area contributed by atoms with Crippen LogP contribution in [0.4, 0.5) is 0 Å². The topological polar surface area (TPSA) is 55.8 Å². The zero-order chi connectivity index (χ0) is 18.0. The van der Waals surface area contributed by atoms with Gasteiger partial charge in [0.05, 0.1) is 18.1 Å². The lowest BCUT2D eigenvalue weighted by Gasteiger charge is -2.35. The molecule has 0 aromatic heterocycles. The van der Waals surface area contributed by atoms with Crippen molar-refractivity contribution < 1.29 is 19.1 Å². The van der Waals surface area contributed by atoms with Gasteiger partial charge in [-0.05, 0) is 18.9 Å². The number of esters is 1. The molecule has 0 aromatic carbocycles. The molecule has 24 heavy (non-hydrogen) atoms. The molecule has 0 N–H and O–H groups in total. The van der Waals surface area contributed by atoms with E-state index in [2.05, 4.69) is 13.8 Å². The Hall–Kier alpha value is -0.920. The molecule has 2 aliphatic heterocycles. The Morgan fingerprint density at radius 3 is 2.58 bits per heavy atom. The third kappa shape index (κ3) is 4.18. The molecule has 0 aromatic rings. The summed E-state index contributed by atoms with van der Waals surface area (Å²) in [5, 5.41) is 0. The highest BCUT2D eigenvalue weighted by Crippen LogP contribution is 2.32. The average molecular weight is 372 g/mol. The van der Waals surface area contributed by atoms with Crippen LogP contribution in [0.2, 0.25) is 0 Å². The van der Waals surface area contributed by atoms with E-state index in [1.165, 1.54) is 6.92 Å². The Bertz CT molecular complexity index is 549. The van der Waals surface area contributed by atoms with Crippen LogP contribution in [-0.2, 0) is 19.1 Å². The second-order valence-electron chi connectivity index (χ2n) is 6.65. The van der Waals surface area contributed by atoms with Gasteiger partial charge in [-0.15, -0.1) is 0 Å². The van der Waals surface area contributed by atoms with Crippen molar-refractivity contribution >= 4 is 40.2 Å². The van der Waals surface area contributed by atoms with E-state index in [0.29, 0.717) is 10.2 Å². The van der Waals surface area contributed by atoms with E-state index in [9.17, 15) is 9.59 Å². The molecule has 0 spiro atoms. The van der Waals surface area contributed by atoms with Crippen molar-refractivity contribution in [2.75, 3.05) is 5.75 Å². The Morgan fingerprint density at radius 2 is 2.04 bits per heavy atom. The minimum absolute atomic E-state index is 0.00325. The molecule has 1 saturated heterocycles. The Kier molecular flexibility index (Phi) is 6.45. The van der Waals surface area contributed by atoms with Crippen LogP contribution in [0.1, 0.15) is 34.6 Å². The van der Waals surface area contributed by atoms with Gasteiger partial charge in [0.25, 0.3) is 0 Å². The molecule has 1 fully saturated rings. The highest BCUT2D eigenvalue weighted by Gasteiger charge is 2.40. The molecular formula is C17H25NO4S2. The fraction of sp³-hybridized carbons (Fsp3) is 0.706. The molecule has 0 aliphatic carbocycles. The van der Waals surface area contributed by atoms with Gasteiger partial charge in [0.2, 0.25) is 5.91 Å². The highest BCUT2D eigenvalue weighted by atomic mass is 32.2. The fourth-order valence-corrected chi connectivity index (χ4v) is 4.54. The SMILES string of the molecule is CC(=O)O[C@@H]1C=C[C@H]([C@H](C)C(=O)N2C(=S)SC[C@H]2C(C)C)O[C@H]1C. The maximum atomic E-state index is 13.0. The first-order valence-corrected chi connectivity index (χ1v) is 9.62. The molecule has 1 amide bonds. The molecule has 2 rings (SSSR count). The second-order valence-corrected chi connectivity index (χ2v) is 8.30. The Labute approximate surface area is 153 Å². The number of amides is 1. The Balaban J connectivity index is 2.08. The molecule has 5 atom stereocenters. The maximum absolute atomic E-state index is 13.0. The van der Waals surface area contributed by atoms with Gasteiger partial charge in [-0.1, -0.05) is 50.8 Å². The highest BCUT2D eigenvalue weighted by molar-refractivity contribution is 8.23. The van der Waals surface area contributed by atoms with Gasteiger partial charge in [0.15, 0.2) is 0 Å². The smallest absolute Gasteiger partial charge is 0.303 e. The van der Waals surface area contributed by atoms with Crippen molar-refractivity contribution in [2.24, 2.45) is 11.8 Å². The lowest BCUT2D eigenvalue weighted by molar-refractivity contribution is -0.157. The van der Waals surface area contributed by atoms with Crippen LogP contribution in [0.5, 0.6) is 0 Å². The fourth-order valence-electron chi connectivity index (χ4n) is 2.90. The third-order valence-corrected chi connectivity index (χ3v) is 5.92. The van der Waals surface area contributed by atoms with Gasteiger partial charge in [0, 0.05) is 18.7 Å². The van der Waals surface area contributed by atoms with E-state index in [4.69, 9.17) is 21.7 Å². The zero-order valence-corrected chi connectivity index (χ0v) is 16.4. The number of nitrogens with zero attached hydrogens (tertiary/aromatic N) is 1. The van der Waals surface area contributed by atoms with Gasteiger partial charge in [-0.3, -0.25) is 14.5 Å². The van der Waals surface area contributed by atoms with E-state index < -0.39 is 6.10 Å². The van der Waals surface area contributed by atoms with Crippen molar-refractivity contribution in [3.8, 4) is 0 Å². The molecule has 0 bridgehead atoms. The van der Waals surface area contributed by atoms with E-state index in [0.717, 1.165) is 5.75 Å². The maximum Gasteiger partial charge on any atom is 0.303 e. The number of hydrogen-bond acceptors (Lipinski definition) is 6. The molecule has 2 aliphatic rings. The Morgan fingerprint density at radius 1 is 1.38 bits per heavy atom. The second kappa shape index (κ2) is 7.97. The van der Waals surface area contributed by atoms with Gasteiger partial charge in [0.1, 0.15) is 10.4 Å². The number of carbonyl (C=O) groups excluding carboxylic acids is 2. The van der Waals surface area contributed by atoms with E-state index >= 15 is 0 Å². The molecule has 5 nitrogen and oxygen atoms in total. The predicted octanol–water partition coefficient (Wildman–Crippen LogP) is 2.78. The number of rotatable bonds is 4. The zero-order valence-electron chi connectivity index (χ0n) is 14.7. The normalized spacial score (nSPS) is 31.4. The van der Waals surface area contributed by atoms with Crippen molar-refractivity contribution in [1.29, 1.82) is 0 Å². The minimum Gasteiger partial charge on any atom is -0.456 e. The van der Waals surface area contributed by atoms with Crippen LogP contribution in [0.15, 0.2) is 12.2 Å². The average Bonchev–Trinajstić information content (AvgIpc) is 2.89. The van der Waals surface area contributed by atoms with E-state index in [1.807, 2.05) is 19.9 Å². The van der Waals surface area contributed by atoms with Crippen molar-refractivity contribution in [2.45, 2.75) is 59.0 Å². The quantitative estimate of drug-likeness (QED) is 0.430. The van der Waals surface area contributed by atoms with Crippen LogP contribution in [-0.4, -0.2) is 51.2 Å². The summed E-state index contributed by atoms with van der Waals surface area (Å²) in [4.78, 5) is 25.8. The largest absolute Gasteiger partial charge is 0.456 e. The predicted molar refractivity (Wildman–Crippen MR) is 98.7 cm³/mol. The molecule has 0 unspecified atom stereocenters. The van der Waals surface area contributed by atoms with Gasteiger partial charge >= 0.3 is 5.97 Å². The standard InChI is InChI=1S/C17H25NO4S2/c1-9(2)13-8-24-17(23)18(13)16(20)10(3)14-6-7-15(11(4)21-14)22-12(5)19/h6-7,9-11,13-15H,8H2,1-5H3/t10-,11-,13-,14+,15+/m0/s1. The van der Waals surface area contributed by atoms with E-state index in [1.54, 1.807) is 22.7 Å². The molecule has 0 radical (unpaired) electrons. The summed E-state index contributed by atoms with van der Waals surface area (Å²) in [5.41, 5.74) is 0. The summed E-state index contributed by atoms with van der Waals surface area (Å²) in [6.45, 7) is 9.28. The van der Waals surface area contributed by atoms with Crippen LogP contribution >= 0.6 is 24.0 Å².